The van der Waals surface area contributed by atoms with Crippen LogP contribution >= 0.6 is 22.6 Å². The predicted molar refractivity (Wildman–Crippen MR) is 51.5 cm³/mol. The fourth-order valence-electron chi connectivity index (χ4n) is 2.23. The van der Waals surface area contributed by atoms with Crippen LogP contribution in [0.3, 0.4) is 0 Å². The largest absolute Gasteiger partial charge is 0.316 e. The Morgan fingerprint density at radius 1 is 1.10 bits per heavy atom. The molecule has 2 unspecified atom stereocenters. The molecule has 10 heavy (non-hydrogen) atoms. The number of nitrogens with one attached hydrogen (secondary N) is 1. The van der Waals surface area contributed by atoms with Crippen molar-refractivity contribution in [3.05, 3.63) is 0 Å². The highest BCUT2D eigenvalue weighted by atomic mass is 127. The SMILES string of the molecule is IC1C2CCCC1CNC2. The molecule has 1 N–H and O–H groups in total. The maximum absolute atomic E-state index is 3.51. The van der Waals surface area contributed by atoms with E-state index in [1.165, 1.54) is 32.4 Å². The second kappa shape index (κ2) is 2.97. The van der Waals surface area contributed by atoms with Crippen molar-refractivity contribution < 1.29 is 0 Å². The van der Waals surface area contributed by atoms with E-state index in [0.29, 0.717) is 0 Å². The molecular weight excluding hydrogens is 237 g/mol. The third kappa shape index (κ3) is 1.20. The molecule has 1 saturated carbocycles. The van der Waals surface area contributed by atoms with Crippen molar-refractivity contribution in [2.24, 2.45) is 11.8 Å². The average Bonchev–Trinajstić information content (AvgIpc) is 1.86. The van der Waals surface area contributed by atoms with Crippen LogP contribution in [0.2, 0.25) is 0 Å². The number of halogens is 1. The predicted octanol–water partition coefficient (Wildman–Crippen LogP) is 1.81. The van der Waals surface area contributed by atoms with Crippen LogP contribution in [0.4, 0.5) is 0 Å². The fourth-order valence-corrected chi connectivity index (χ4v) is 3.46. The summed E-state index contributed by atoms with van der Waals surface area (Å²) in [5.74, 6) is 1.99. The molecule has 2 fully saturated rings. The summed E-state index contributed by atoms with van der Waals surface area (Å²) < 4.78 is 0.979. The standard InChI is InChI=1S/C8H14IN/c9-8-6-2-1-3-7(8)5-10-4-6/h6-8,10H,1-5H2. The molecule has 1 nitrogen and oxygen atoms in total. The molecule has 2 atom stereocenters. The normalized spacial score (nSPS) is 47.1. The van der Waals surface area contributed by atoms with E-state index >= 15 is 0 Å². The summed E-state index contributed by atoms with van der Waals surface area (Å²) in [6, 6.07) is 0. The van der Waals surface area contributed by atoms with Crippen LogP contribution in [0.1, 0.15) is 19.3 Å². The molecule has 2 rings (SSSR count). The highest BCUT2D eigenvalue weighted by Crippen LogP contribution is 2.36. The quantitative estimate of drug-likeness (QED) is 0.511. The van der Waals surface area contributed by atoms with Gasteiger partial charge in [0.2, 0.25) is 0 Å². The van der Waals surface area contributed by atoms with Gasteiger partial charge >= 0.3 is 0 Å². The van der Waals surface area contributed by atoms with Gasteiger partial charge in [0.1, 0.15) is 0 Å². The molecule has 1 aliphatic carbocycles. The monoisotopic (exact) mass is 251 g/mol. The molecule has 0 amide bonds. The van der Waals surface area contributed by atoms with E-state index in [0.717, 1.165) is 15.8 Å². The summed E-state index contributed by atoms with van der Waals surface area (Å²) in [4.78, 5) is 0. The van der Waals surface area contributed by atoms with Gasteiger partial charge in [-0.15, -0.1) is 0 Å². The molecule has 1 heterocycles. The van der Waals surface area contributed by atoms with Crippen LogP contribution in [0.5, 0.6) is 0 Å². The maximum atomic E-state index is 3.51. The summed E-state index contributed by atoms with van der Waals surface area (Å²) in [7, 11) is 0. The van der Waals surface area contributed by atoms with Crippen molar-refractivity contribution in [3.8, 4) is 0 Å². The smallest absolute Gasteiger partial charge is 0.0190 e. The Hall–Kier alpha value is 0.690. The molecular formula is C8H14IN. The minimum atomic E-state index is 0.979. The second-order valence-electron chi connectivity index (χ2n) is 3.55. The van der Waals surface area contributed by atoms with Gasteiger partial charge < -0.3 is 5.32 Å². The number of piperidine rings is 1. The lowest BCUT2D eigenvalue weighted by Gasteiger charge is -2.39. The molecule has 0 spiro atoms. The third-order valence-corrected chi connectivity index (χ3v) is 4.90. The van der Waals surface area contributed by atoms with Gasteiger partial charge in [0, 0.05) is 3.92 Å². The van der Waals surface area contributed by atoms with Crippen molar-refractivity contribution in [2.75, 3.05) is 13.1 Å². The maximum Gasteiger partial charge on any atom is 0.0190 e. The zero-order valence-electron chi connectivity index (χ0n) is 6.15. The highest BCUT2D eigenvalue weighted by Gasteiger charge is 2.33. The average molecular weight is 251 g/mol. The number of alkyl halides is 1. The number of hydrogen-bond acceptors (Lipinski definition) is 1. The van der Waals surface area contributed by atoms with Crippen LogP contribution in [-0.2, 0) is 0 Å². The third-order valence-electron chi connectivity index (χ3n) is 2.86. The molecule has 0 radical (unpaired) electrons. The number of rotatable bonds is 0. The second-order valence-corrected chi connectivity index (χ2v) is 4.99. The number of fused-ring (bicyclic) bond motifs is 2. The van der Waals surface area contributed by atoms with Crippen molar-refractivity contribution in [3.63, 3.8) is 0 Å². The minimum Gasteiger partial charge on any atom is -0.316 e. The van der Waals surface area contributed by atoms with Crippen LogP contribution in [-0.4, -0.2) is 17.0 Å². The first kappa shape index (κ1) is 7.35. The molecule has 0 aromatic rings. The molecule has 2 bridgehead atoms. The Morgan fingerprint density at radius 3 is 2.20 bits per heavy atom. The fraction of sp³-hybridized carbons (Fsp3) is 1.00. The van der Waals surface area contributed by atoms with E-state index in [4.69, 9.17) is 0 Å². The van der Waals surface area contributed by atoms with Crippen LogP contribution < -0.4 is 5.32 Å². The van der Waals surface area contributed by atoms with Crippen molar-refractivity contribution in [2.45, 2.75) is 23.2 Å². The Balaban J connectivity index is 2.05. The van der Waals surface area contributed by atoms with E-state index in [-0.39, 0.29) is 0 Å². The lowest BCUT2D eigenvalue weighted by Crippen LogP contribution is -2.46. The van der Waals surface area contributed by atoms with Gasteiger partial charge in [0.05, 0.1) is 0 Å². The van der Waals surface area contributed by atoms with Gasteiger partial charge in [-0.2, -0.15) is 0 Å². The van der Waals surface area contributed by atoms with Gasteiger partial charge in [-0.1, -0.05) is 29.0 Å². The van der Waals surface area contributed by atoms with Gasteiger partial charge in [0.25, 0.3) is 0 Å². The molecule has 1 aliphatic heterocycles. The first-order valence-electron chi connectivity index (χ1n) is 4.22. The van der Waals surface area contributed by atoms with Crippen molar-refractivity contribution in [1.82, 2.24) is 5.32 Å². The van der Waals surface area contributed by atoms with Gasteiger partial charge in [0.15, 0.2) is 0 Å². The Bertz CT molecular complexity index is 104. The topological polar surface area (TPSA) is 12.0 Å². The van der Waals surface area contributed by atoms with E-state index < -0.39 is 0 Å². The van der Waals surface area contributed by atoms with Crippen LogP contribution in [0.15, 0.2) is 0 Å². The molecule has 0 aromatic heterocycles. The van der Waals surface area contributed by atoms with Gasteiger partial charge in [-0.3, -0.25) is 0 Å². The summed E-state index contributed by atoms with van der Waals surface area (Å²) in [5.41, 5.74) is 0. The Morgan fingerprint density at radius 2 is 1.70 bits per heavy atom. The molecule has 1 saturated heterocycles. The summed E-state index contributed by atoms with van der Waals surface area (Å²) >= 11 is 2.66. The van der Waals surface area contributed by atoms with Gasteiger partial charge in [-0.25, -0.2) is 0 Å². The first-order valence-corrected chi connectivity index (χ1v) is 5.47. The van der Waals surface area contributed by atoms with Crippen molar-refractivity contribution >= 4 is 22.6 Å². The zero-order chi connectivity index (χ0) is 6.97. The highest BCUT2D eigenvalue weighted by molar-refractivity contribution is 14.1. The van der Waals surface area contributed by atoms with Crippen molar-refractivity contribution in [1.29, 1.82) is 0 Å². The van der Waals surface area contributed by atoms with E-state index in [1.54, 1.807) is 0 Å². The minimum absolute atomic E-state index is 0.979. The lowest BCUT2D eigenvalue weighted by atomic mass is 9.79. The Labute approximate surface area is 76.1 Å². The summed E-state index contributed by atoms with van der Waals surface area (Å²) in [6.07, 6.45) is 4.42. The number of hydrogen-bond donors (Lipinski definition) is 1. The first-order chi connectivity index (χ1) is 4.88. The molecule has 0 aromatic carbocycles. The van der Waals surface area contributed by atoms with E-state index in [9.17, 15) is 0 Å². The van der Waals surface area contributed by atoms with E-state index in [2.05, 4.69) is 27.9 Å². The molecule has 2 aliphatic rings. The van der Waals surface area contributed by atoms with E-state index in [1.807, 2.05) is 0 Å². The molecule has 58 valence electrons. The lowest BCUT2D eigenvalue weighted by molar-refractivity contribution is 0.228. The molecule has 2 heteroatoms. The van der Waals surface area contributed by atoms with Crippen LogP contribution in [0, 0.1) is 11.8 Å². The summed E-state index contributed by atoms with van der Waals surface area (Å²) in [5, 5.41) is 3.51. The zero-order valence-corrected chi connectivity index (χ0v) is 8.30. The van der Waals surface area contributed by atoms with Crippen LogP contribution in [0.25, 0.3) is 0 Å². The summed E-state index contributed by atoms with van der Waals surface area (Å²) in [6.45, 7) is 2.56. The Kier molecular flexibility index (Phi) is 2.18. The van der Waals surface area contributed by atoms with Gasteiger partial charge in [-0.05, 0) is 37.8 Å².